The number of aromatic amines is 1. The van der Waals surface area contributed by atoms with Crippen LogP contribution in [0.3, 0.4) is 0 Å². The number of aromatic nitrogens is 2. The molecule has 0 unspecified atom stereocenters. The van der Waals surface area contributed by atoms with Crippen molar-refractivity contribution in [2.45, 2.75) is 38.6 Å². The van der Waals surface area contributed by atoms with Gasteiger partial charge in [-0.3, -0.25) is 14.5 Å². The average molecular weight is 491 g/mol. The third-order valence-corrected chi connectivity index (χ3v) is 8.10. The number of benzene rings is 1. The van der Waals surface area contributed by atoms with Crippen LogP contribution in [0.25, 0.3) is 10.2 Å². The molecule has 32 heavy (non-hydrogen) atoms. The lowest BCUT2D eigenvalue weighted by Gasteiger charge is -2.34. The van der Waals surface area contributed by atoms with Crippen LogP contribution in [0.15, 0.2) is 23.0 Å². The molecule has 0 saturated carbocycles. The number of hydrogen-bond acceptors (Lipinski definition) is 5. The number of amides is 1. The zero-order valence-electron chi connectivity index (χ0n) is 17.6. The smallest absolute Gasteiger partial charge is 0.259 e. The number of H-pyrrole nitrogens is 1. The Morgan fingerprint density at radius 1 is 1.12 bits per heavy atom. The van der Waals surface area contributed by atoms with Crippen molar-refractivity contribution in [2.24, 2.45) is 0 Å². The summed E-state index contributed by atoms with van der Waals surface area (Å²) in [6, 6.07) is 5.22. The molecule has 0 atom stereocenters. The summed E-state index contributed by atoms with van der Waals surface area (Å²) in [6.07, 6.45) is 4.65. The summed E-state index contributed by atoms with van der Waals surface area (Å²) in [5, 5.41) is 1.88. The molecule has 6 nitrogen and oxygen atoms in total. The molecule has 1 aromatic carbocycles. The number of rotatable bonds is 4. The first-order chi connectivity index (χ1) is 15.5. The second kappa shape index (κ2) is 9.14. The molecule has 2 aromatic heterocycles. The van der Waals surface area contributed by atoms with Gasteiger partial charge in [0.1, 0.15) is 10.7 Å². The third-order valence-electron chi connectivity index (χ3n) is 6.33. The van der Waals surface area contributed by atoms with Crippen molar-refractivity contribution < 1.29 is 4.79 Å². The van der Waals surface area contributed by atoms with Crippen LogP contribution in [0.5, 0.6) is 0 Å². The Hall–Kier alpha value is -1.93. The van der Waals surface area contributed by atoms with Crippen LogP contribution >= 0.6 is 34.5 Å². The quantitative estimate of drug-likeness (QED) is 0.598. The van der Waals surface area contributed by atoms with Crippen LogP contribution in [0.2, 0.25) is 10.0 Å². The van der Waals surface area contributed by atoms with E-state index in [0.717, 1.165) is 48.1 Å². The molecule has 3 heterocycles. The minimum absolute atomic E-state index is 0.0157. The summed E-state index contributed by atoms with van der Waals surface area (Å²) in [5.74, 6) is 0.764. The Balaban J connectivity index is 1.22. The number of carbonyl (C=O) groups excluding carboxylic acids is 1. The number of halogens is 2. The molecular formula is C23H24Cl2N4O2S. The van der Waals surface area contributed by atoms with E-state index in [0.29, 0.717) is 35.5 Å². The Morgan fingerprint density at radius 3 is 2.69 bits per heavy atom. The standard InChI is InChI=1S/C23H24Cl2N4O2S/c24-15-6-5-14(17(25)12-15)11-20(30)29-9-7-28(8-10-29)13-19-26-22(31)21-16-3-1-2-4-18(16)32-23(21)27-19/h5-6,12H,1-4,7-11,13H2,(H,26,27,31). The zero-order valence-corrected chi connectivity index (χ0v) is 20.0. The minimum atomic E-state index is -0.0157. The summed E-state index contributed by atoms with van der Waals surface area (Å²) in [4.78, 5) is 39.5. The van der Waals surface area contributed by atoms with Crippen LogP contribution in [0, 0.1) is 0 Å². The van der Waals surface area contributed by atoms with Gasteiger partial charge in [-0.2, -0.15) is 0 Å². The van der Waals surface area contributed by atoms with Crippen LogP contribution in [-0.2, 0) is 30.6 Å². The normalized spacial score (nSPS) is 17.0. The van der Waals surface area contributed by atoms with E-state index in [2.05, 4.69) is 9.88 Å². The Kier molecular flexibility index (Phi) is 6.25. The molecular weight excluding hydrogens is 467 g/mol. The SMILES string of the molecule is O=C(Cc1ccc(Cl)cc1Cl)N1CCN(Cc2nc3sc4c(c3c(=O)[nH]2)CCCC4)CC1. The molecule has 1 aliphatic heterocycles. The maximum atomic E-state index is 12.8. The van der Waals surface area contributed by atoms with Gasteiger partial charge in [-0.1, -0.05) is 29.3 Å². The van der Waals surface area contributed by atoms with Gasteiger partial charge in [0.2, 0.25) is 5.91 Å². The maximum Gasteiger partial charge on any atom is 0.259 e. The van der Waals surface area contributed by atoms with Crippen LogP contribution in [0.4, 0.5) is 0 Å². The molecule has 1 aliphatic carbocycles. The Labute approximate surface area is 200 Å². The molecule has 3 aromatic rings. The van der Waals surface area contributed by atoms with Crippen molar-refractivity contribution in [1.29, 1.82) is 0 Å². The minimum Gasteiger partial charge on any atom is -0.340 e. The van der Waals surface area contributed by atoms with E-state index in [4.69, 9.17) is 28.2 Å². The van der Waals surface area contributed by atoms with Crippen LogP contribution in [0.1, 0.15) is 34.7 Å². The van der Waals surface area contributed by atoms with Crippen molar-refractivity contribution in [1.82, 2.24) is 19.8 Å². The number of nitrogens with one attached hydrogen (secondary N) is 1. The number of hydrogen-bond donors (Lipinski definition) is 1. The first kappa shape index (κ1) is 21.9. The van der Waals surface area contributed by atoms with Gasteiger partial charge < -0.3 is 9.88 Å². The molecule has 0 bridgehead atoms. The predicted octanol–water partition coefficient (Wildman–Crippen LogP) is 4.06. The van der Waals surface area contributed by atoms with E-state index in [1.54, 1.807) is 29.5 Å². The van der Waals surface area contributed by atoms with Gasteiger partial charge in [-0.05, 0) is 48.9 Å². The number of nitrogens with zero attached hydrogens (tertiary/aromatic N) is 3. The maximum absolute atomic E-state index is 12.8. The monoisotopic (exact) mass is 490 g/mol. The van der Waals surface area contributed by atoms with Gasteiger partial charge in [0.05, 0.1) is 18.4 Å². The number of thiophene rings is 1. The van der Waals surface area contributed by atoms with E-state index < -0.39 is 0 Å². The number of piperazine rings is 1. The summed E-state index contributed by atoms with van der Waals surface area (Å²) in [6.45, 7) is 3.35. The molecule has 0 radical (unpaired) electrons. The molecule has 1 amide bonds. The predicted molar refractivity (Wildman–Crippen MR) is 129 cm³/mol. The molecule has 1 saturated heterocycles. The highest BCUT2D eigenvalue weighted by molar-refractivity contribution is 7.18. The molecule has 2 aliphatic rings. The van der Waals surface area contributed by atoms with Gasteiger partial charge in [0.25, 0.3) is 5.56 Å². The number of fused-ring (bicyclic) bond motifs is 3. The van der Waals surface area contributed by atoms with Gasteiger partial charge in [-0.25, -0.2) is 4.98 Å². The Morgan fingerprint density at radius 2 is 1.91 bits per heavy atom. The number of carbonyl (C=O) groups is 1. The summed E-state index contributed by atoms with van der Waals surface area (Å²) < 4.78 is 0. The van der Waals surface area contributed by atoms with Crippen LogP contribution < -0.4 is 5.56 Å². The fraction of sp³-hybridized carbons (Fsp3) is 0.435. The molecule has 0 spiro atoms. The van der Waals surface area contributed by atoms with E-state index in [1.165, 1.54) is 16.9 Å². The van der Waals surface area contributed by atoms with Crippen molar-refractivity contribution in [3.8, 4) is 0 Å². The van der Waals surface area contributed by atoms with E-state index in [-0.39, 0.29) is 17.9 Å². The van der Waals surface area contributed by atoms with E-state index in [1.807, 2.05) is 4.90 Å². The third kappa shape index (κ3) is 4.44. The fourth-order valence-corrected chi connectivity index (χ4v) is 6.35. The highest BCUT2D eigenvalue weighted by atomic mass is 35.5. The average Bonchev–Trinajstić information content (AvgIpc) is 3.15. The highest BCUT2D eigenvalue weighted by Gasteiger charge is 2.24. The van der Waals surface area contributed by atoms with Gasteiger partial charge in [0.15, 0.2) is 0 Å². The molecule has 1 fully saturated rings. The fourth-order valence-electron chi connectivity index (χ4n) is 4.59. The van der Waals surface area contributed by atoms with Gasteiger partial charge in [0, 0.05) is 41.1 Å². The molecule has 168 valence electrons. The van der Waals surface area contributed by atoms with Crippen molar-refractivity contribution in [3.05, 3.63) is 60.4 Å². The molecule has 5 rings (SSSR count). The second-order valence-corrected chi connectivity index (χ2v) is 10.4. The summed E-state index contributed by atoms with van der Waals surface area (Å²) in [7, 11) is 0. The lowest BCUT2D eigenvalue weighted by molar-refractivity contribution is -0.132. The van der Waals surface area contributed by atoms with Gasteiger partial charge in [-0.15, -0.1) is 11.3 Å². The Bertz CT molecular complexity index is 1230. The summed E-state index contributed by atoms with van der Waals surface area (Å²) in [5.41, 5.74) is 1.99. The van der Waals surface area contributed by atoms with Crippen molar-refractivity contribution in [3.63, 3.8) is 0 Å². The first-order valence-corrected chi connectivity index (χ1v) is 12.5. The van der Waals surface area contributed by atoms with E-state index >= 15 is 0 Å². The summed E-state index contributed by atoms with van der Waals surface area (Å²) >= 11 is 13.8. The highest BCUT2D eigenvalue weighted by Crippen LogP contribution is 2.33. The zero-order chi connectivity index (χ0) is 22.2. The molecule has 1 N–H and O–H groups in total. The molecule has 9 heteroatoms. The van der Waals surface area contributed by atoms with Crippen molar-refractivity contribution >= 4 is 50.7 Å². The first-order valence-electron chi connectivity index (χ1n) is 11.0. The van der Waals surface area contributed by atoms with Crippen LogP contribution in [-0.4, -0.2) is 51.9 Å². The van der Waals surface area contributed by atoms with Gasteiger partial charge >= 0.3 is 0 Å². The van der Waals surface area contributed by atoms with Crippen molar-refractivity contribution in [2.75, 3.05) is 26.2 Å². The lowest BCUT2D eigenvalue weighted by Crippen LogP contribution is -2.49. The largest absolute Gasteiger partial charge is 0.340 e. The number of aryl methyl sites for hydroxylation is 2. The lowest BCUT2D eigenvalue weighted by atomic mass is 9.97. The topological polar surface area (TPSA) is 69.3 Å². The van der Waals surface area contributed by atoms with E-state index in [9.17, 15) is 9.59 Å². The second-order valence-electron chi connectivity index (χ2n) is 8.47.